The van der Waals surface area contributed by atoms with E-state index in [2.05, 4.69) is 40.5 Å². The maximum Gasteiger partial charge on any atom is 0.298 e. The van der Waals surface area contributed by atoms with E-state index in [0.717, 1.165) is 12.3 Å². The second-order valence-electron chi connectivity index (χ2n) is 3.79. The van der Waals surface area contributed by atoms with Crippen molar-refractivity contribution in [3.8, 4) is 0 Å². The zero-order chi connectivity index (χ0) is 15.4. The minimum atomic E-state index is -0.464. The molecule has 1 aliphatic heterocycles. The van der Waals surface area contributed by atoms with Gasteiger partial charge in [-0.15, -0.1) is 37.0 Å². The van der Waals surface area contributed by atoms with E-state index >= 15 is 0 Å². The van der Waals surface area contributed by atoms with Gasteiger partial charge in [0.05, 0.1) is 6.20 Å². The number of nitrogens with zero attached hydrogens (tertiary/aromatic N) is 4. The fraction of sp³-hybridized carbons (Fsp3) is 0.300. The summed E-state index contributed by atoms with van der Waals surface area (Å²) in [5.41, 5.74) is -0.0906. The Balaban J connectivity index is 2.34. The fourth-order valence-corrected chi connectivity index (χ4v) is 3.59. The molecule has 6 nitrogen and oxygen atoms in total. The van der Waals surface area contributed by atoms with Crippen LogP contribution < -0.4 is 5.32 Å². The molecule has 2 rings (SSSR count). The second-order valence-corrected chi connectivity index (χ2v) is 7.21. The minimum Gasteiger partial charge on any atom is -0.286 e. The number of thiocarbonyl (C=S) groups is 2. The largest absolute Gasteiger partial charge is 0.298 e. The first-order chi connectivity index (χ1) is 10.0. The van der Waals surface area contributed by atoms with E-state index < -0.39 is 5.91 Å². The third-order valence-electron chi connectivity index (χ3n) is 2.49. The summed E-state index contributed by atoms with van der Waals surface area (Å²) in [7, 11) is 0. The van der Waals surface area contributed by atoms with E-state index in [4.69, 9.17) is 24.4 Å². The van der Waals surface area contributed by atoms with Crippen LogP contribution >= 0.6 is 61.5 Å². The third kappa shape index (κ3) is 4.05. The van der Waals surface area contributed by atoms with E-state index in [1.165, 1.54) is 28.6 Å². The van der Waals surface area contributed by atoms with Gasteiger partial charge < -0.3 is 0 Å². The van der Waals surface area contributed by atoms with Crippen LogP contribution in [0.15, 0.2) is 18.6 Å². The zero-order valence-corrected chi connectivity index (χ0v) is 14.8. The van der Waals surface area contributed by atoms with Gasteiger partial charge in [-0.3, -0.25) is 15.1 Å². The lowest BCUT2D eigenvalue weighted by molar-refractivity contribution is 0.0566. The molecule has 0 saturated carbocycles. The highest BCUT2D eigenvalue weighted by atomic mass is 32.2. The van der Waals surface area contributed by atoms with E-state index in [0.29, 0.717) is 0 Å². The summed E-state index contributed by atoms with van der Waals surface area (Å²) in [5.74, 6) is 0.429. The lowest BCUT2D eigenvalue weighted by Gasteiger charge is -2.37. The maximum absolute atomic E-state index is 12.6. The molecule has 2 heterocycles. The number of hydrogen-bond donors (Lipinski definition) is 3. The number of rotatable bonds is 2. The van der Waals surface area contributed by atoms with Gasteiger partial charge in [0, 0.05) is 24.7 Å². The molecule has 11 heteroatoms. The lowest BCUT2D eigenvalue weighted by Crippen LogP contribution is -2.56. The highest BCUT2D eigenvalue weighted by Crippen LogP contribution is 2.23. The quantitative estimate of drug-likeness (QED) is 0.404. The van der Waals surface area contributed by atoms with Crippen molar-refractivity contribution in [2.24, 2.45) is 0 Å². The van der Waals surface area contributed by atoms with Crippen LogP contribution in [0.2, 0.25) is 0 Å². The van der Waals surface area contributed by atoms with E-state index in [9.17, 15) is 4.79 Å². The molecular weight excluding hydrogens is 366 g/mol. The van der Waals surface area contributed by atoms with E-state index in [1.807, 2.05) is 0 Å². The Morgan fingerprint density at radius 1 is 1.38 bits per heavy atom. The zero-order valence-electron chi connectivity index (χ0n) is 10.5. The molecule has 0 aliphatic carbocycles. The van der Waals surface area contributed by atoms with E-state index in [-0.39, 0.29) is 19.8 Å². The molecule has 1 amide bonds. The van der Waals surface area contributed by atoms with Crippen LogP contribution in [0, 0.1) is 0 Å². The summed E-state index contributed by atoms with van der Waals surface area (Å²) in [4.78, 5) is 20.5. The van der Waals surface area contributed by atoms with Gasteiger partial charge in [-0.1, -0.05) is 24.4 Å². The monoisotopic (exact) mass is 377 g/mol. The molecule has 0 spiro atoms. The van der Waals surface area contributed by atoms with Crippen molar-refractivity contribution in [2.75, 3.05) is 12.3 Å². The van der Waals surface area contributed by atoms with Crippen LogP contribution in [0.1, 0.15) is 10.5 Å². The Bertz CT molecular complexity index is 550. The molecule has 0 radical (unpaired) electrons. The Hall–Kier alpha value is -0.460. The molecule has 1 atom stereocenters. The predicted octanol–water partition coefficient (Wildman–Crippen LogP) is 1.19. The van der Waals surface area contributed by atoms with Gasteiger partial charge in [-0.05, 0) is 0 Å². The number of carbonyl (C=O) groups excluding carboxylic acids is 1. The SMILES string of the molecule is O=C(c1cnccn1)N(C(=S)S)N(C(=S)S)C1NCCS1. The summed E-state index contributed by atoms with van der Waals surface area (Å²) in [5, 5.41) is 5.87. The summed E-state index contributed by atoms with van der Waals surface area (Å²) in [6.07, 6.45) is 4.27. The molecule has 0 aromatic carbocycles. The van der Waals surface area contributed by atoms with Crippen LogP contribution in [-0.4, -0.2) is 52.3 Å². The first kappa shape index (κ1) is 16.9. The van der Waals surface area contributed by atoms with Gasteiger partial charge >= 0.3 is 0 Å². The standard InChI is InChI=1S/C10H11N5OS5/c16-7(6-5-11-1-2-12-6)14(9(17)18)15(10(19)20)8-13-3-4-21-8/h1-2,5,8,13H,3-4H2,(H,17,18)(H,19,20). The Morgan fingerprint density at radius 2 is 2.14 bits per heavy atom. The summed E-state index contributed by atoms with van der Waals surface area (Å²) >= 11 is 20.1. The van der Waals surface area contributed by atoms with Crippen molar-refractivity contribution >= 4 is 76.0 Å². The van der Waals surface area contributed by atoms with Crippen molar-refractivity contribution in [3.05, 3.63) is 24.3 Å². The molecule has 1 unspecified atom stereocenters. The second kappa shape index (κ2) is 7.70. The van der Waals surface area contributed by atoms with Crippen molar-refractivity contribution in [1.82, 2.24) is 25.3 Å². The fourth-order valence-electron chi connectivity index (χ4n) is 1.65. The van der Waals surface area contributed by atoms with Crippen molar-refractivity contribution in [3.63, 3.8) is 0 Å². The Morgan fingerprint density at radius 3 is 2.62 bits per heavy atom. The molecule has 1 saturated heterocycles. The van der Waals surface area contributed by atoms with Gasteiger partial charge in [0.2, 0.25) is 0 Å². The first-order valence-corrected chi connectivity index (χ1v) is 8.49. The number of thioether (sulfide) groups is 1. The average molecular weight is 378 g/mol. The first-order valence-electron chi connectivity index (χ1n) is 5.73. The third-order valence-corrected chi connectivity index (χ3v) is 4.36. The molecule has 1 aromatic rings. The van der Waals surface area contributed by atoms with Crippen LogP contribution in [0.3, 0.4) is 0 Å². The molecule has 1 fully saturated rings. The number of hydrogen-bond acceptors (Lipinski definition) is 7. The van der Waals surface area contributed by atoms with Crippen LogP contribution in [0.5, 0.6) is 0 Å². The smallest absolute Gasteiger partial charge is 0.286 e. The number of nitrogens with one attached hydrogen (secondary N) is 1. The van der Waals surface area contributed by atoms with Crippen molar-refractivity contribution in [2.45, 2.75) is 5.50 Å². The number of hydrazine groups is 1. The molecular formula is C10H11N5OS5. The molecule has 0 bridgehead atoms. The van der Waals surface area contributed by atoms with Crippen LogP contribution in [-0.2, 0) is 0 Å². The highest BCUT2D eigenvalue weighted by molar-refractivity contribution is 8.11. The Kier molecular flexibility index (Phi) is 6.20. The van der Waals surface area contributed by atoms with Crippen LogP contribution in [0.4, 0.5) is 0 Å². The predicted molar refractivity (Wildman–Crippen MR) is 97.5 cm³/mol. The number of carbonyl (C=O) groups is 1. The van der Waals surface area contributed by atoms with Crippen LogP contribution in [0.25, 0.3) is 0 Å². The number of amides is 1. The van der Waals surface area contributed by atoms with Crippen molar-refractivity contribution in [1.29, 1.82) is 0 Å². The lowest BCUT2D eigenvalue weighted by atomic mass is 10.4. The molecule has 112 valence electrons. The maximum atomic E-state index is 12.6. The van der Waals surface area contributed by atoms with Gasteiger partial charge in [0.15, 0.2) is 8.64 Å². The van der Waals surface area contributed by atoms with Gasteiger partial charge in [-0.25, -0.2) is 9.99 Å². The topological polar surface area (TPSA) is 61.4 Å². The number of aromatic nitrogens is 2. The minimum absolute atomic E-state index is 0.0522. The molecule has 21 heavy (non-hydrogen) atoms. The number of thiol groups is 2. The van der Waals surface area contributed by atoms with Crippen molar-refractivity contribution < 1.29 is 4.79 Å². The van der Waals surface area contributed by atoms with E-state index in [1.54, 1.807) is 11.8 Å². The van der Waals surface area contributed by atoms with Gasteiger partial charge in [0.1, 0.15) is 11.2 Å². The average Bonchev–Trinajstić information content (AvgIpc) is 2.97. The summed E-state index contributed by atoms with van der Waals surface area (Å²) in [6, 6.07) is 0. The summed E-state index contributed by atoms with van der Waals surface area (Å²) in [6.45, 7) is 0.800. The molecule has 1 N–H and O–H groups in total. The highest BCUT2D eigenvalue weighted by Gasteiger charge is 2.34. The van der Waals surface area contributed by atoms with Gasteiger partial charge in [-0.2, -0.15) is 5.01 Å². The summed E-state index contributed by atoms with van der Waals surface area (Å²) < 4.78 is 0.256. The Labute approximate surface area is 147 Å². The van der Waals surface area contributed by atoms with Gasteiger partial charge in [0.25, 0.3) is 5.91 Å². The molecule has 1 aromatic heterocycles. The molecule has 1 aliphatic rings. The normalized spacial score (nSPS) is 17.3.